The van der Waals surface area contributed by atoms with Crippen molar-refractivity contribution in [1.29, 1.82) is 0 Å². The number of fused-ring (bicyclic) bond motifs is 1. The lowest BCUT2D eigenvalue weighted by molar-refractivity contribution is 0.256. The first-order chi connectivity index (χ1) is 6.85. The van der Waals surface area contributed by atoms with Gasteiger partial charge >= 0.3 is 0 Å². The van der Waals surface area contributed by atoms with Crippen LogP contribution in [0, 0.1) is 0 Å². The van der Waals surface area contributed by atoms with E-state index < -0.39 is 0 Å². The fourth-order valence-corrected chi connectivity index (χ4v) is 1.47. The number of hydrogen-bond acceptors (Lipinski definition) is 3. The lowest BCUT2D eigenvalue weighted by Gasteiger charge is -2.05. The zero-order valence-corrected chi connectivity index (χ0v) is 7.64. The molecule has 0 unspecified atom stereocenters. The summed E-state index contributed by atoms with van der Waals surface area (Å²) < 4.78 is 0. The molecule has 1 aromatic carbocycles. The summed E-state index contributed by atoms with van der Waals surface area (Å²) in [4.78, 5) is 4.25. The summed E-state index contributed by atoms with van der Waals surface area (Å²) in [7, 11) is 0. The molecule has 1 aromatic heterocycles. The van der Waals surface area contributed by atoms with E-state index in [1.807, 2.05) is 30.3 Å². The van der Waals surface area contributed by atoms with Crippen LogP contribution in [0.1, 0.15) is 11.3 Å². The number of nitrogens with zero attached hydrogens (tertiary/aromatic N) is 1. The second-order valence-corrected chi connectivity index (χ2v) is 3.10. The van der Waals surface area contributed by atoms with E-state index in [4.69, 9.17) is 10.2 Å². The van der Waals surface area contributed by atoms with Crippen molar-refractivity contribution in [1.82, 2.24) is 4.98 Å². The first-order valence-electron chi connectivity index (χ1n) is 4.44. The Morgan fingerprint density at radius 1 is 1.07 bits per heavy atom. The van der Waals surface area contributed by atoms with Crippen LogP contribution in [-0.2, 0) is 13.2 Å². The zero-order valence-electron chi connectivity index (χ0n) is 7.64. The van der Waals surface area contributed by atoms with E-state index in [1.165, 1.54) is 0 Å². The summed E-state index contributed by atoms with van der Waals surface area (Å²) in [6.07, 6.45) is 0. The number of aliphatic hydroxyl groups excluding tert-OH is 2. The molecule has 3 nitrogen and oxygen atoms in total. The lowest BCUT2D eigenvalue weighted by atomic mass is 10.1. The second kappa shape index (κ2) is 3.74. The predicted octanol–water partition coefficient (Wildman–Crippen LogP) is 1.22. The maximum absolute atomic E-state index is 9.06. The standard InChI is InChI=1S/C11H11NO2/c13-6-9-5-8-3-1-2-4-10(8)12-11(9)7-14/h1-5,13-14H,6-7H2. The molecule has 0 aliphatic heterocycles. The monoisotopic (exact) mass is 189 g/mol. The van der Waals surface area contributed by atoms with E-state index in [-0.39, 0.29) is 13.2 Å². The maximum atomic E-state index is 9.06. The Labute approximate surface area is 81.7 Å². The van der Waals surface area contributed by atoms with E-state index in [9.17, 15) is 0 Å². The Hall–Kier alpha value is -1.45. The molecule has 0 aliphatic rings. The van der Waals surface area contributed by atoms with Crippen LogP contribution >= 0.6 is 0 Å². The summed E-state index contributed by atoms with van der Waals surface area (Å²) in [5.41, 5.74) is 2.08. The molecule has 0 bridgehead atoms. The minimum absolute atomic E-state index is 0.0896. The molecule has 0 fully saturated rings. The van der Waals surface area contributed by atoms with Crippen molar-refractivity contribution in [2.24, 2.45) is 0 Å². The maximum Gasteiger partial charge on any atom is 0.0856 e. The number of pyridine rings is 1. The molecule has 72 valence electrons. The fourth-order valence-electron chi connectivity index (χ4n) is 1.47. The van der Waals surface area contributed by atoms with Crippen molar-refractivity contribution in [3.05, 3.63) is 41.6 Å². The van der Waals surface area contributed by atoms with Gasteiger partial charge in [-0.3, -0.25) is 4.98 Å². The highest BCUT2D eigenvalue weighted by molar-refractivity contribution is 5.79. The number of benzene rings is 1. The molecule has 1 heterocycles. The Morgan fingerprint density at radius 3 is 2.57 bits per heavy atom. The normalized spacial score (nSPS) is 10.7. The molecule has 2 N–H and O–H groups in total. The molecule has 0 aliphatic carbocycles. The third-order valence-corrected chi connectivity index (χ3v) is 2.21. The minimum Gasteiger partial charge on any atom is -0.392 e. The van der Waals surface area contributed by atoms with Crippen LogP contribution < -0.4 is 0 Å². The lowest BCUT2D eigenvalue weighted by Crippen LogP contribution is -1.98. The Bertz CT molecular complexity index is 411. The third-order valence-electron chi connectivity index (χ3n) is 2.21. The molecule has 0 atom stereocenters. The average Bonchev–Trinajstić information content (AvgIpc) is 2.27. The van der Waals surface area contributed by atoms with Crippen LogP contribution in [0.2, 0.25) is 0 Å². The van der Waals surface area contributed by atoms with Gasteiger partial charge in [0, 0.05) is 10.9 Å². The average molecular weight is 189 g/mol. The summed E-state index contributed by atoms with van der Waals surface area (Å²) in [6.45, 7) is -0.228. The highest BCUT2D eigenvalue weighted by atomic mass is 16.3. The largest absolute Gasteiger partial charge is 0.392 e. The molecule has 2 aromatic rings. The van der Waals surface area contributed by atoms with Crippen LogP contribution in [0.4, 0.5) is 0 Å². The van der Waals surface area contributed by atoms with Crippen LogP contribution in [0.25, 0.3) is 10.9 Å². The van der Waals surface area contributed by atoms with Gasteiger partial charge in [-0.15, -0.1) is 0 Å². The number of rotatable bonds is 2. The SMILES string of the molecule is OCc1cc2ccccc2nc1CO. The van der Waals surface area contributed by atoms with Crippen molar-refractivity contribution >= 4 is 10.9 Å². The predicted molar refractivity (Wildman–Crippen MR) is 53.6 cm³/mol. The van der Waals surface area contributed by atoms with Gasteiger partial charge in [0.1, 0.15) is 0 Å². The number of hydrogen-bond donors (Lipinski definition) is 2. The van der Waals surface area contributed by atoms with Gasteiger partial charge in [-0.05, 0) is 12.1 Å². The third kappa shape index (κ3) is 1.47. The highest BCUT2D eigenvalue weighted by Crippen LogP contribution is 2.16. The van der Waals surface area contributed by atoms with E-state index in [1.54, 1.807) is 0 Å². The zero-order chi connectivity index (χ0) is 9.97. The molecule has 0 amide bonds. The van der Waals surface area contributed by atoms with Gasteiger partial charge in [0.15, 0.2) is 0 Å². The van der Waals surface area contributed by atoms with Crippen molar-refractivity contribution < 1.29 is 10.2 Å². The van der Waals surface area contributed by atoms with Crippen LogP contribution in [0.15, 0.2) is 30.3 Å². The molecular formula is C11H11NO2. The topological polar surface area (TPSA) is 53.4 Å². The molecular weight excluding hydrogens is 178 g/mol. The van der Waals surface area contributed by atoms with Gasteiger partial charge in [-0.1, -0.05) is 18.2 Å². The fraction of sp³-hybridized carbons (Fsp3) is 0.182. The van der Waals surface area contributed by atoms with Gasteiger partial charge in [0.2, 0.25) is 0 Å². The van der Waals surface area contributed by atoms with Crippen LogP contribution in [0.3, 0.4) is 0 Å². The van der Waals surface area contributed by atoms with E-state index >= 15 is 0 Å². The van der Waals surface area contributed by atoms with Gasteiger partial charge in [-0.25, -0.2) is 0 Å². The smallest absolute Gasteiger partial charge is 0.0856 e. The van der Waals surface area contributed by atoms with Crippen molar-refractivity contribution in [3.8, 4) is 0 Å². The summed E-state index contributed by atoms with van der Waals surface area (Å²) >= 11 is 0. The van der Waals surface area contributed by atoms with Gasteiger partial charge in [0.05, 0.1) is 24.4 Å². The number of para-hydroxylation sites is 1. The molecule has 3 heteroatoms. The quantitative estimate of drug-likeness (QED) is 0.746. The second-order valence-electron chi connectivity index (χ2n) is 3.10. The Kier molecular flexibility index (Phi) is 2.43. The first-order valence-corrected chi connectivity index (χ1v) is 4.44. The summed E-state index contributed by atoms with van der Waals surface area (Å²) in [5, 5.41) is 19.1. The summed E-state index contributed by atoms with van der Waals surface area (Å²) in [6, 6.07) is 9.49. The molecule has 0 saturated carbocycles. The van der Waals surface area contributed by atoms with Gasteiger partial charge in [0.25, 0.3) is 0 Å². The van der Waals surface area contributed by atoms with Crippen molar-refractivity contribution in [2.45, 2.75) is 13.2 Å². The van der Waals surface area contributed by atoms with Crippen LogP contribution in [-0.4, -0.2) is 15.2 Å². The van der Waals surface area contributed by atoms with E-state index in [0.717, 1.165) is 10.9 Å². The van der Waals surface area contributed by atoms with E-state index in [0.29, 0.717) is 11.3 Å². The Morgan fingerprint density at radius 2 is 1.86 bits per heavy atom. The van der Waals surface area contributed by atoms with Gasteiger partial charge in [-0.2, -0.15) is 0 Å². The first kappa shape index (κ1) is 9.12. The molecule has 0 saturated heterocycles. The van der Waals surface area contributed by atoms with Gasteiger partial charge < -0.3 is 10.2 Å². The Balaban J connectivity index is 2.69. The molecule has 2 rings (SSSR count). The molecule has 0 spiro atoms. The number of aromatic nitrogens is 1. The van der Waals surface area contributed by atoms with Crippen molar-refractivity contribution in [3.63, 3.8) is 0 Å². The molecule has 0 radical (unpaired) electrons. The van der Waals surface area contributed by atoms with E-state index in [2.05, 4.69) is 4.98 Å². The van der Waals surface area contributed by atoms with Crippen LogP contribution in [0.5, 0.6) is 0 Å². The minimum atomic E-state index is -0.138. The molecule has 14 heavy (non-hydrogen) atoms. The summed E-state index contributed by atoms with van der Waals surface area (Å²) in [5.74, 6) is 0. The highest BCUT2D eigenvalue weighted by Gasteiger charge is 2.04. The van der Waals surface area contributed by atoms with Crippen molar-refractivity contribution in [2.75, 3.05) is 0 Å². The number of aliphatic hydroxyl groups is 2.